The molecule has 5 heteroatoms. The molecular weight excluding hydrogens is 280 g/mol. The third-order valence-corrected chi connectivity index (χ3v) is 4.02. The van der Waals surface area contributed by atoms with Crippen LogP contribution in [0, 0.1) is 5.92 Å². The molecular formula is C17H24N2O3. The topological polar surface area (TPSA) is 67.4 Å². The molecule has 0 unspecified atom stereocenters. The van der Waals surface area contributed by atoms with E-state index in [9.17, 15) is 9.59 Å². The lowest BCUT2D eigenvalue weighted by molar-refractivity contribution is -0.126. The van der Waals surface area contributed by atoms with Gasteiger partial charge >= 0.3 is 0 Å². The molecule has 2 N–H and O–H groups in total. The summed E-state index contributed by atoms with van der Waals surface area (Å²) in [5.74, 6) is 0.748. The summed E-state index contributed by atoms with van der Waals surface area (Å²) in [6.07, 6.45) is 5.51. The highest BCUT2D eigenvalue weighted by Crippen LogP contribution is 2.26. The van der Waals surface area contributed by atoms with Crippen LogP contribution >= 0.6 is 0 Å². The van der Waals surface area contributed by atoms with E-state index in [2.05, 4.69) is 10.6 Å². The number of hydrogen-bond donors (Lipinski definition) is 2. The largest absolute Gasteiger partial charge is 0.495 e. The maximum absolute atomic E-state index is 12.2. The molecule has 1 saturated carbocycles. The summed E-state index contributed by atoms with van der Waals surface area (Å²) in [5, 5.41) is 5.73. The molecule has 5 nitrogen and oxygen atoms in total. The van der Waals surface area contributed by atoms with Gasteiger partial charge in [0.25, 0.3) is 0 Å². The van der Waals surface area contributed by atoms with Gasteiger partial charge in [0.2, 0.25) is 11.8 Å². The van der Waals surface area contributed by atoms with E-state index in [1.165, 1.54) is 13.3 Å². The smallest absolute Gasteiger partial charge is 0.223 e. The van der Waals surface area contributed by atoms with Crippen molar-refractivity contribution >= 4 is 17.5 Å². The van der Waals surface area contributed by atoms with Crippen LogP contribution in [0.4, 0.5) is 5.69 Å². The molecule has 0 spiro atoms. The van der Waals surface area contributed by atoms with Crippen molar-refractivity contribution in [2.45, 2.75) is 45.6 Å². The van der Waals surface area contributed by atoms with Gasteiger partial charge in [-0.2, -0.15) is 0 Å². The highest BCUT2D eigenvalue weighted by Gasteiger charge is 2.20. The van der Waals surface area contributed by atoms with Crippen LogP contribution in [0.25, 0.3) is 0 Å². The summed E-state index contributed by atoms with van der Waals surface area (Å²) < 4.78 is 5.22. The van der Waals surface area contributed by atoms with E-state index in [1.807, 2.05) is 12.1 Å². The first-order valence-electron chi connectivity index (χ1n) is 7.82. The molecule has 0 saturated heterocycles. The van der Waals surface area contributed by atoms with Gasteiger partial charge in [0, 0.05) is 19.4 Å². The Morgan fingerprint density at radius 1 is 1.23 bits per heavy atom. The summed E-state index contributed by atoms with van der Waals surface area (Å²) in [6, 6.07) is 5.53. The van der Waals surface area contributed by atoms with Gasteiger partial charge < -0.3 is 15.4 Å². The van der Waals surface area contributed by atoms with Crippen molar-refractivity contribution in [1.29, 1.82) is 0 Å². The van der Waals surface area contributed by atoms with E-state index in [0.717, 1.165) is 31.2 Å². The highest BCUT2D eigenvalue weighted by molar-refractivity contribution is 5.90. The van der Waals surface area contributed by atoms with E-state index in [4.69, 9.17) is 4.74 Å². The van der Waals surface area contributed by atoms with Crippen LogP contribution in [0.15, 0.2) is 18.2 Å². The molecule has 1 aliphatic carbocycles. The van der Waals surface area contributed by atoms with Crippen LogP contribution in [-0.2, 0) is 16.1 Å². The summed E-state index contributed by atoms with van der Waals surface area (Å²) in [6.45, 7) is 1.92. The van der Waals surface area contributed by atoms with Crippen molar-refractivity contribution in [3.63, 3.8) is 0 Å². The van der Waals surface area contributed by atoms with Gasteiger partial charge in [-0.15, -0.1) is 0 Å². The molecule has 0 aromatic heterocycles. The lowest BCUT2D eigenvalue weighted by Crippen LogP contribution is -2.31. The Morgan fingerprint density at radius 3 is 2.59 bits per heavy atom. The third-order valence-electron chi connectivity index (χ3n) is 4.02. The van der Waals surface area contributed by atoms with E-state index in [1.54, 1.807) is 13.2 Å². The molecule has 2 rings (SSSR count). The molecule has 1 fully saturated rings. The number of ether oxygens (including phenoxy) is 1. The Kier molecular flexibility index (Phi) is 5.81. The minimum absolute atomic E-state index is 0.136. The van der Waals surface area contributed by atoms with Crippen molar-refractivity contribution in [1.82, 2.24) is 5.32 Å². The number of methoxy groups -OCH3 is 1. The van der Waals surface area contributed by atoms with Gasteiger partial charge in [0.05, 0.1) is 12.8 Å². The Hall–Kier alpha value is -2.04. The molecule has 1 aromatic rings. The minimum atomic E-state index is -0.151. The molecule has 0 radical (unpaired) electrons. The highest BCUT2D eigenvalue weighted by atomic mass is 16.5. The van der Waals surface area contributed by atoms with E-state index in [-0.39, 0.29) is 17.7 Å². The lowest BCUT2D eigenvalue weighted by Gasteiger charge is -2.21. The fourth-order valence-electron chi connectivity index (χ4n) is 2.85. The third kappa shape index (κ3) is 4.48. The van der Waals surface area contributed by atoms with E-state index in [0.29, 0.717) is 18.0 Å². The second-order valence-electron chi connectivity index (χ2n) is 5.77. The molecule has 0 aliphatic heterocycles. The SMILES string of the molecule is COc1ccc(CNC(=O)C2CCCCC2)cc1NC(C)=O. The number of carbonyl (C=O) groups is 2. The summed E-state index contributed by atoms with van der Waals surface area (Å²) in [7, 11) is 1.56. The van der Waals surface area contributed by atoms with Gasteiger partial charge in [-0.3, -0.25) is 9.59 Å². The fraction of sp³-hybridized carbons (Fsp3) is 0.529. The number of hydrogen-bond acceptors (Lipinski definition) is 3. The average Bonchev–Trinajstić information content (AvgIpc) is 2.53. The van der Waals surface area contributed by atoms with E-state index >= 15 is 0 Å². The predicted molar refractivity (Wildman–Crippen MR) is 85.7 cm³/mol. The van der Waals surface area contributed by atoms with Gasteiger partial charge in [-0.1, -0.05) is 25.3 Å². The molecule has 1 aliphatic rings. The van der Waals surface area contributed by atoms with Crippen LogP contribution in [0.2, 0.25) is 0 Å². The lowest BCUT2D eigenvalue weighted by atomic mass is 9.88. The quantitative estimate of drug-likeness (QED) is 0.879. The molecule has 1 aromatic carbocycles. The Balaban J connectivity index is 1.97. The number of amides is 2. The maximum Gasteiger partial charge on any atom is 0.223 e. The first-order chi connectivity index (χ1) is 10.6. The monoisotopic (exact) mass is 304 g/mol. The second-order valence-corrected chi connectivity index (χ2v) is 5.77. The predicted octanol–water partition coefficient (Wildman–Crippen LogP) is 2.85. The summed E-state index contributed by atoms with van der Waals surface area (Å²) in [5.41, 5.74) is 1.56. The average molecular weight is 304 g/mol. The van der Waals surface area contributed by atoms with Crippen molar-refractivity contribution in [2.75, 3.05) is 12.4 Å². The maximum atomic E-state index is 12.2. The van der Waals surface area contributed by atoms with Crippen molar-refractivity contribution in [3.05, 3.63) is 23.8 Å². The standard InChI is InChI=1S/C17H24N2O3/c1-12(20)19-15-10-13(8-9-16(15)22-2)11-18-17(21)14-6-4-3-5-7-14/h8-10,14H,3-7,11H2,1-2H3,(H,18,21)(H,19,20). The van der Waals surface area contributed by atoms with Crippen LogP contribution in [0.3, 0.4) is 0 Å². The second kappa shape index (κ2) is 7.82. The fourth-order valence-corrected chi connectivity index (χ4v) is 2.85. The van der Waals surface area contributed by atoms with Gasteiger partial charge in [0.1, 0.15) is 5.75 Å². The Bertz CT molecular complexity index is 537. The normalized spacial score (nSPS) is 15.2. The molecule has 22 heavy (non-hydrogen) atoms. The van der Waals surface area contributed by atoms with Gasteiger partial charge in [-0.05, 0) is 30.5 Å². The molecule has 120 valence electrons. The summed E-state index contributed by atoms with van der Waals surface area (Å²) >= 11 is 0. The number of benzene rings is 1. The Labute approximate surface area is 131 Å². The molecule has 2 amide bonds. The van der Waals surface area contributed by atoms with Crippen molar-refractivity contribution in [3.8, 4) is 5.75 Å². The first-order valence-corrected chi connectivity index (χ1v) is 7.82. The Morgan fingerprint density at radius 2 is 1.95 bits per heavy atom. The van der Waals surface area contributed by atoms with Gasteiger partial charge in [0.15, 0.2) is 0 Å². The minimum Gasteiger partial charge on any atom is -0.495 e. The van der Waals surface area contributed by atoms with Crippen LogP contribution in [0.5, 0.6) is 5.75 Å². The number of anilines is 1. The van der Waals surface area contributed by atoms with Crippen LogP contribution in [0.1, 0.15) is 44.6 Å². The summed E-state index contributed by atoms with van der Waals surface area (Å²) in [4.78, 5) is 23.4. The zero-order chi connectivity index (χ0) is 15.9. The van der Waals surface area contributed by atoms with Crippen LogP contribution < -0.4 is 15.4 Å². The van der Waals surface area contributed by atoms with Gasteiger partial charge in [-0.25, -0.2) is 0 Å². The van der Waals surface area contributed by atoms with Crippen molar-refractivity contribution < 1.29 is 14.3 Å². The van der Waals surface area contributed by atoms with E-state index < -0.39 is 0 Å². The zero-order valence-corrected chi connectivity index (χ0v) is 13.3. The number of carbonyl (C=O) groups excluding carboxylic acids is 2. The molecule has 0 bridgehead atoms. The van der Waals surface area contributed by atoms with Crippen LogP contribution in [-0.4, -0.2) is 18.9 Å². The number of rotatable bonds is 5. The number of nitrogens with one attached hydrogen (secondary N) is 2. The molecule has 0 heterocycles. The first kappa shape index (κ1) is 16.3. The van der Waals surface area contributed by atoms with Crippen molar-refractivity contribution in [2.24, 2.45) is 5.92 Å². The molecule has 0 atom stereocenters. The zero-order valence-electron chi connectivity index (χ0n) is 13.3.